The number of aromatic nitrogens is 10. The van der Waals surface area contributed by atoms with Crippen molar-refractivity contribution in [3.05, 3.63) is 358 Å². The summed E-state index contributed by atoms with van der Waals surface area (Å²) in [7, 11) is 5.80. The van der Waals surface area contributed by atoms with E-state index in [0.29, 0.717) is 113 Å². The van der Waals surface area contributed by atoms with E-state index in [1.165, 1.54) is 157 Å². The second kappa shape index (κ2) is 45.6. The van der Waals surface area contributed by atoms with E-state index in [2.05, 4.69) is 93.5 Å². The summed E-state index contributed by atoms with van der Waals surface area (Å²) in [4.78, 5) is 63.2. The van der Waals surface area contributed by atoms with Gasteiger partial charge in [0.25, 0.3) is 59.0 Å². The number of carbonyl (C=O) groups is 5. The van der Waals surface area contributed by atoms with Crippen molar-refractivity contribution in [1.82, 2.24) is 51.0 Å². The van der Waals surface area contributed by atoms with E-state index in [0.717, 1.165) is 5.56 Å². The molecular weight excluding hydrogens is 1970 g/mol. The number of benzene rings is 10. The molecule has 10 aromatic heterocycles. The first-order valence-corrected chi connectivity index (χ1v) is 43.7. The van der Waals surface area contributed by atoms with Gasteiger partial charge in [0.2, 0.25) is 29.5 Å². The summed E-state index contributed by atoms with van der Waals surface area (Å²) in [5.74, 6) is 0.109. The van der Waals surface area contributed by atoms with E-state index < -0.39 is 58.6 Å². The van der Waals surface area contributed by atoms with Crippen molar-refractivity contribution in [2.45, 2.75) is 13.8 Å². The summed E-state index contributed by atoms with van der Waals surface area (Å²) in [5, 5.41) is 52.4. The third-order valence-electron chi connectivity index (χ3n) is 20.3. The average molecular weight is 2040 g/mol. The SMILES string of the molecule is CCOc1ccccc1C(=O)Nc1cc(-c2nnc(-c3ccco3)o2)ccc1F.COc1ccc(Br)cc1C(=O)Nc1cc(-c2nnc(-c3ccco3)o2)ccc1F.COc1ccc(C)cc1C(=O)Nc1cc(-c2nnc(-c3ccco3)o2)ccc1F.COc1ccc(Cl)cc1C(=O)Nc1cc(-c2nnc(-c3ccco3)o2)ccc1F.COc1ccccc1C(=O)Nc1cc(-c2nnc(-c3ccco3)o2)ccc1F. The molecule has 35 nitrogen and oxygen atoms in total. The second-order valence-electron chi connectivity index (χ2n) is 29.7. The molecule has 0 saturated heterocycles. The highest BCUT2D eigenvalue weighted by molar-refractivity contribution is 9.10. The van der Waals surface area contributed by atoms with Crippen molar-refractivity contribution in [3.63, 3.8) is 0 Å². The van der Waals surface area contributed by atoms with Crippen LogP contribution in [0.5, 0.6) is 28.7 Å². The number of hydrogen-bond donors (Lipinski definition) is 5. The number of amides is 5. The predicted molar refractivity (Wildman–Crippen MR) is 514 cm³/mol. The number of halogens is 7. The van der Waals surface area contributed by atoms with Crippen LogP contribution >= 0.6 is 27.5 Å². The van der Waals surface area contributed by atoms with Gasteiger partial charge in [-0.15, -0.1) is 51.0 Å². The Morgan fingerprint density at radius 1 is 0.292 bits per heavy atom. The molecule has 5 amide bonds. The first-order chi connectivity index (χ1) is 69.9. The van der Waals surface area contributed by atoms with E-state index in [1.807, 2.05) is 19.9 Å². The van der Waals surface area contributed by atoms with Crippen molar-refractivity contribution in [1.29, 1.82) is 0 Å². The van der Waals surface area contributed by atoms with E-state index in [1.54, 1.807) is 152 Å². The number of nitrogens with zero attached hydrogens (tertiary/aromatic N) is 10. The number of methoxy groups -OCH3 is 4. The molecule has 0 bridgehead atoms. The molecule has 10 aromatic carbocycles. The number of ether oxygens (including phenoxy) is 5. The van der Waals surface area contributed by atoms with Crippen LogP contribution in [0.2, 0.25) is 5.02 Å². The third-order valence-corrected chi connectivity index (χ3v) is 21.0. The Balaban J connectivity index is 0.000000129. The lowest BCUT2D eigenvalue weighted by atomic mass is 10.1. The van der Waals surface area contributed by atoms with Crippen molar-refractivity contribution in [3.8, 4) is 144 Å². The van der Waals surface area contributed by atoms with Gasteiger partial charge in [0.1, 0.15) is 57.8 Å². The third kappa shape index (κ3) is 23.7. The molecule has 0 aliphatic rings. The van der Waals surface area contributed by atoms with Gasteiger partial charge in [0.05, 0.1) is 123 Å². The van der Waals surface area contributed by atoms with Crippen molar-refractivity contribution in [2.24, 2.45) is 0 Å². The molecule has 724 valence electrons. The standard InChI is InChI=1S/2C21H16FN3O4.C20H13BrFN3O4.C20H13ClFN3O4.C20H14FN3O4/c1-12-5-8-17(27-2)14(10-12)19(26)23-16-11-13(6-7-15(16)22)20-24-25-21(29-20)18-4-3-9-28-18;1-2-27-17-7-4-3-6-14(17)19(26)23-16-12-13(9-10-15(16)22)20-24-25-21(29-20)18-8-5-11-28-18;2*1-27-16-7-5-12(21)10-13(16)18(26)23-15-9-11(4-6-14(15)22)19-24-25-20(29-19)17-3-2-8-28-17;1-26-16-6-3-2-5-13(16)18(25)22-15-11-12(8-9-14(15)21)19-23-24-20(28-19)17-7-4-10-27-17/h3-11H,1-2H3,(H,23,26);3-12H,2H2,1H3,(H,23,26);2*2-10H,1H3,(H,23,26);2-11H,1H3,(H,22,25). The Kier molecular flexibility index (Phi) is 31.1. The monoisotopic (exact) mass is 2040 g/mol. The molecule has 0 spiro atoms. The highest BCUT2D eigenvalue weighted by atomic mass is 79.9. The fraction of sp³-hybridized carbons (Fsp3) is 0.0686. The molecule has 0 aliphatic carbocycles. The van der Waals surface area contributed by atoms with Gasteiger partial charge in [-0.3, -0.25) is 24.0 Å². The first-order valence-electron chi connectivity index (χ1n) is 42.6. The number of carbonyl (C=O) groups excluding carboxylic acids is 5. The van der Waals surface area contributed by atoms with Gasteiger partial charge in [-0.25, -0.2) is 22.0 Å². The van der Waals surface area contributed by atoms with Crippen LogP contribution < -0.4 is 50.3 Å². The van der Waals surface area contributed by atoms with E-state index in [4.69, 9.17) is 79.5 Å². The number of para-hydroxylation sites is 2. The van der Waals surface area contributed by atoms with E-state index in [-0.39, 0.29) is 104 Å². The number of aryl methyl sites for hydroxylation is 1. The molecule has 42 heteroatoms. The van der Waals surface area contributed by atoms with Crippen LogP contribution in [0.3, 0.4) is 0 Å². The molecule has 144 heavy (non-hydrogen) atoms. The number of anilines is 5. The molecular formula is C102H72BrClF5N15O20. The maximum Gasteiger partial charge on any atom is 0.283 e. The van der Waals surface area contributed by atoms with Crippen LogP contribution in [0, 0.1) is 36.0 Å². The van der Waals surface area contributed by atoms with Gasteiger partial charge in [0.15, 0.2) is 28.8 Å². The molecule has 0 radical (unpaired) electrons. The van der Waals surface area contributed by atoms with E-state index >= 15 is 0 Å². The lowest BCUT2D eigenvalue weighted by Crippen LogP contribution is -2.14. The van der Waals surface area contributed by atoms with Crippen LogP contribution in [-0.4, -0.2) is 116 Å². The number of rotatable bonds is 26. The average Bonchev–Trinajstić information content (AvgIpc) is 1.21. The summed E-state index contributed by atoms with van der Waals surface area (Å²) in [5.41, 5.74) is 4.23. The molecule has 0 atom stereocenters. The highest BCUT2D eigenvalue weighted by Crippen LogP contribution is 2.38. The van der Waals surface area contributed by atoms with Crippen molar-refractivity contribution < 1.29 is 114 Å². The van der Waals surface area contributed by atoms with E-state index in [9.17, 15) is 45.9 Å². The predicted octanol–water partition coefficient (Wildman–Crippen LogP) is 24.1. The van der Waals surface area contributed by atoms with Gasteiger partial charge in [0, 0.05) is 37.3 Å². The molecule has 20 aromatic rings. The molecule has 0 saturated carbocycles. The van der Waals surface area contributed by atoms with Crippen LogP contribution in [0.1, 0.15) is 64.3 Å². The van der Waals surface area contributed by atoms with Gasteiger partial charge >= 0.3 is 0 Å². The van der Waals surface area contributed by atoms with Crippen molar-refractivity contribution in [2.75, 3.05) is 61.6 Å². The normalized spacial score (nSPS) is 10.7. The Hall–Kier alpha value is -18.9. The summed E-state index contributed by atoms with van der Waals surface area (Å²) in [6.07, 6.45) is 7.44. The van der Waals surface area contributed by atoms with Crippen LogP contribution in [0.4, 0.5) is 50.4 Å². The Labute approximate surface area is 823 Å². The molecule has 0 fully saturated rings. The van der Waals surface area contributed by atoms with Crippen LogP contribution in [0.15, 0.2) is 335 Å². The summed E-state index contributed by atoms with van der Waals surface area (Å²) in [6.45, 7) is 4.08. The zero-order chi connectivity index (χ0) is 101. The smallest absolute Gasteiger partial charge is 0.283 e. The van der Waals surface area contributed by atoms with Gasteiger partial charge < -0.3 is 94.4 Å². The maximum atomic E-state index is 14.3. The Bertz CT molecular complexity index is 7470. The number of hydrogen-bond acceptors (Lipinski definition) is 30. The molecule has 5 N–H and O–H groups in total. The molecule has 0 aliphatic heterocycles. The number of furan rings is 5. The number of nitrogens with one attached hydrogen (secondary N) is 5. The fourth-order valence-corrected chi connectivity index (χ4v) is 13.9. The van der Waals surface area contributed by atoms with Crippen molar-refractivity contribution >= 4 is 85.5 Å². The van der Waals surface area contributed by atoms with Gasteiger partial charge in [-0.2, -0.15) is 0 Å². The zero-order valence-corrected chi connectivity index (χ0v) is 78.0. The molecule has 20 rings (SSSR count). The van der Waals surface area contributed by atoms with Gasteiger partial charge in [-0.1, -0.05) is 63.4 Å². The topological polar surface area (TPSA) is 452 Å². The van der Waals surface area contributed by atoms with Crippen LogP contribution in [0.25, 0.3) is 116 Å². The zero-order valence-electron chi connectivity index (χ0n) is 75.6. The summed E-state index contributed by atoms with van der Waals surface area (Å²) < 4.78 is 152. The first kappa shape index (κ1) is 98.1. The fourth-order valence-electron chi connectivity index (χ4n) is 13.4. The summed E-state index contributed by atoms with van der Waals surface area (Å²) in [6, 6.07) is 65.5. The summed E-state index contributed by atoms with van der Waals surface area (Å²) >= 11 is 9.27. The second-order valence-corrected chi connectivity index (χ2v) is 31.1. The molecule has 0 unspecified atom stereocenters. The Morgan fingerprint density at radius 2 is 0.549 bits per heavy atom. The minimum absolute atomic E-state index is 0.0171. The van der Waals surface area contributed by atoms with Gasteiger partial charge in [-0.05, 0) is 238 Å². The lowest BCUT2D eigenvalue weighted by Gasteiger charge is -2.11. The minimum Gasteiger partial charge on any atom is -0.496 e. The Morgan fingerprint density at radius 3 is 0.847 bits per heavy atom. The quantitative estimate of drug-likeness (QED) is 0.0314. The largest absolute Gasteiger partial charge is 0.496 e. The minimum atomic E-state index is -0.631. The lowest BCUT2D eigenvalue weighted by molar-refractivity contribution is 0.101. The maximum absolute atomic E-state index is 14.3. The molecule has 10 heterocycles. The van der Waals surface area contributed by atoms with Crippen LogP contribution in [-0.2, 0) is 0 Å². The highest BCUT2D eigenvalue weighted by Gasteiger charge is 2.27.